The molecule has 2 fully saturated rings. The Morgan fingerprint density at radius 2 is 2.00 bits per heavy atom. The van der Waals surface area contributed by atoms with Crippen molar-refractivity contribution in [1.82, 2.24) is 5.32 Å². The van der Waals surface area contributed by atoms with Crippen LogP contribution in [0.1, 0.15) is 40.0 Å². The SMILES string of the molecule is CC(C)(C)CC1CC2CC1CN2. The molecule has 1 aliphatic carbocycles. The summed E-state index contributed by atoms with van der Waals surface area (Å²) in [5, 5.41) is 3.57. The fourth-order valence-corrected chi connectivity index (χ4v) is 2.98. The monoisotopic (exact) mass is 167 g/mol. The lowest BCUT2D eigenvalue weighted by Crippen LogP contribution is -2.31. The molecule has 0 aromatic heterocycles. The molecule has 70 valence electrons. The third kappa shape index (κ3) is 1.66. The Morgan fingerprint density at radius 3 is 2.42 bits per heavy atom. The Hall–Kier alpha value is -0.0400. The van der Waals surface area contributed by atoms with Gasteiger partial charge in [-0.3, -0.25) is 0 Å². The highest BCUT2D eigenvalue weighted by atomic mass is 15.0. The molecule has 1 aliphatic heterocycles. The molecule has 0 aromatic carbocycles. The maximum Gasteiger partial charge on any atom is 0.00731 e. The number of nitrogens with one attached hydrogen (secondary N) is 1. The molecule has 1 nitrogen and oxygen atoms in total. The van der Waals surface area contributed by atoms with Crippen LogP contribution in [0.2, 0.25) is 0 Å². The maximum atomic E-state index is 3.57. The van der Waals surface area contributed by atoms with Crippen LogP contribution in [0.4, 0.5) is 0 Å². The minimum Gasteiger partial charge on any atom is -0.314 e. The quantitative estimate of drug-likeness (QED) is 0.632. The van der Waals surface area contributed by atoms with Crippen LogP contribution in [0.5, 0.6) is 0 Å². The lowest BCUT2D eigenvalue weighted by Gasteiger charge is -2.29. The highest BCUT2D eigenvalue weighted by Crippen LogP contribution is 2.42. The second kappa shape index (κ2) is 2.73. The van der Waals surface area contributed by atoms with Gasteiger partial charge in [-0.1, -0.05) is 20.8 Å². The van der Waals surface area contributed by atoms with Gasteiger partial charge in [-0.2, -0.15) is 0 Å². The van der Waals surface area contributed by atoms with Crippen molar-refractivity contribution in [2.24, 2.45) is 17.3 Å². The number of piperidine rings is 1. The van der Waals surface area contributed by atoms with Crippen LogP contribution < -0.4 is 5.32 Å². The summed E-state index contributed by atoms with van der Waals surface area (Å²) in [5.41, 5.74) is 0.537. The predicted molar refractivity (Wildman–Crippen MR) is 52.1 cm³/mol. The number of hydrogen-bond acceptors (Lipinski definition) is 1. The summed E-state index contributed by atoms with van der Waals surface area (Å²) in [4.78, 5) is 0. The van der Waals surface area contributed by atoms with Crippen LogP contribution in [-0.2, 0) is 0 Å². The average molecular weight is 167 g/mol. The normalized spacial score (nSPS) is 40.8. The molecule has 12 heavy (non-hydrogen) atoms. The van der Waals surface area contributed by atoms with Gasteiger partial charge in [-0.05, 0) is 43.1 Å². The van der Waals surface area contributed by atoms with Crippen LogP contribution in [0.15, 0.2) is 0 Å². The molecule has 0 amide bonds. The van der Waals surface area contributed by atoms with E-state index >= 15 is 0 Å². The maximum absolute atomic E-state index is 3.57. The first-order valence-electron chi connectivity index (χ1n) is 5.28. The second-order valence-electron chi connectivity index (χ2n) is 5.86. The molecule has 0 radical (unpaired) electrons. The van der Waals surface area contributed by atoms with Gasteiger partial charge in [-0.25, -0.2) is 0 Å². The lowest BCUT2D eigenvalue weighted by atomic mass is 9.79. The number of rotatable bonds is 1. The zero-order valence-electron chi connectivity index (χ0n) is 8.56. The number of hydrogen-bond donors (Lipinski definition) is 1. The van der Waals surface area contributed by atoms with E-state index in [2.05, 4.69) is 26.1 Å². The van der Waals surface area contributed by atoms with Gasteiger partial charge in [0.25, 0.3) is 0 Å². The molecule has 2 aliphatic rings. The Morgan fingerprint density at radius 1 is 1.25 bits per heavy atom. The zero-order valence-corrected chi connectivity index (χ0v) is 8.56. The Kier molecular flexibility index (Phi) is 1.95. The fourth-order valence-electron chi connectivity index (χ4n) is 2.98. The van der Waals surface area contributed by atoms with Crippen molar-refractivity contribution < 1.29 is 0 Å². The Labute approximate surface area is 75.9 Å². The first-order valence-corrected chi connectivity index (χ1v) is 5.28. The number of fused-ring (bicyclic) bond motifs is 2. The van der Waals surface area contributed by atoms with Crippen molar-refractivity contribution in [1.29, 1.82) is 0 Å². The summed E-state index contributed by atoms with van der Waals surface area (Å²) >= 11 is 0. The first kappa shape index (κ1) is 8.55. The van der Waals surface area contributed by atoms with E-state index in [4.69, 9.17) is 0 Å². The van der Waals surface area contributed by atoms with E-state index in [1.54, 1.807) is 0 Å². The topological polar surface area (TPSA) is 12.0 Å². The van der Waals surface area contributed by atoms with Crippen molar-refractivity contribution in [2.75, 3.05) is 6.54 Å². The van der Waals surface area contributed by atoms with Gasteiger partial charge >= 0.3 is 0 Å². The van der Waals surface area contributed by atoms with Gasteiger partial charge in [-0.15, -0.1) is 0 Å². The highest BCUT2D eigenvalue weighted by Gasteiger charge is 2.40. The molecular weight excluding hydrogens is 146 g/mol. The van der Waals surface area contributed by atoms with Crippen LogP contribution >= 0.6 is 0 Å². The van der Waals surface area contributed by atoms with Gasteiger partial charge in [0.05, 0.1) is 0 Å². The second-order valence-corrected chi connectivity index (χ2v) is 5.86. The van der Waals surface area contributed by atoms with E-state index in [1.807, 2.05) is 0 Å². The molecule has 1 heteroatoms. The molecule has 2 bridgehead atoms. The van der Waals surface area contributed by atoms with E-state index in [9.17, 15) is 0 Å². The molecule has 0 spiro atoms. The predicted octanol–water partition coefficient (Wildman–Crippen LogP) is 2.42. The molecule has 1 heterocycles. The Balaban J connectivity index is 1.91. The molecule has 1 N–H and O–H groups in total. The summed E-state index contributed by atoms with van der Waals surface area (Å²) in [6.45, 7) is 8.40. The molecule has 2 rings (SSSR count). The van der Waals surface area contributed by atoms with E-state index < -0.39 is 0 Å². The average Bonchev–Trinajstić information content (AvgIpc) is 2.42. The zero-order chi connectivity index (χ0) is 8.77. The summed E-state index contributed by atoms with van der Waals surface area (Å²) in [6.07, 6.45) is 4.33. The molecular formula is C11H21N. The lowest BCUT2D eigenvalue weighted by molar-refractivity contribution is 0.232. The molecule has 1 saturated carbocycles. The van der Waals surface area contributed by atoms with Crippen LogP contribution in [0.25, 0.3) is 0 Å². The van der Waals surface area contributed by atoms with E-state index in [0.29, 0.717) is 5.41 Å². The van der Waals surface area contributed by atoms with Crippen LogP contribution in [0.3, 0.4) is 0 Å². The van der Waals surface area contributed by atoms with E-state index in [0.717, 1.165) is 17.9 Å². The first-order chi connectivity index (χ1) is 5.54. The minimum atomic E-state index is 0.537. The van der Waals surface area contributed by atoms with Crippen molar-refractivity contribution in [3.63, 3.8) is 0 Å². The van der Waals surface area contributed by atoms with E-state index in [-0.39, 0.29) is 0 Å². The molecule has 1 saturated heterocycles. The smallest absolute Gasteiger partial charge is 0.00731 e. The van der Waals surface area contributed by atoms with Gasteiger partial charge in [0.15, 0.2) is 0 Å². The van der Waals surface area contributed by atoms with E-state index in [1.165, 1.54) is 25.8 Å². The van der Waals surface area contributed by atoms with Crippen molar-refractivity contribution in [3.8, 4) is 0 Å². The molecule has 0 aromatic rings. The van der Waals surface area contributed by atoms with Crippen molar-refractivity contribution in [3.05, 3.63) is 0 Å². The minimum absolute atomic E-state index is 0.537. The fraction of sp³-hybridized carbons (Fsp3) is 1.00. The summed E-state index contributed by atoms with van der Waals surface area (Å²) in [7, 11) is 0. The molecule has 3 unspecified atom stereocenters. The third-order valence-electron chi connectivity index (χ3n) is 3.38. The summed E-state index contributed by atoms with van der Waals surface area (Å²) < 4.78 is 0. The summed E-state index contributed by atoms with van der Waals surface area (Å²) in [5.74, 6) is 2.03. The van der Waals surface area contributed by atoms with Crippen LogP contribution in [-0.4, -0.2) is 12.6 Å². The Bertz CT molecular complexity index is 168. The highest BCUT2D eigenvalue weighted by molar-refractivity contribution is 4.95. The molecule has 3 atom stereocenters. The van der Waals surface area contributed by atoms with Gasteiger partial charge < -0.3 is 5.32 Å². The van der Waals surface area contributed by atoms with Gasteiger partial charge in [0.2, 0.25) is 0 Å². The largest absolute Gasteiger partial charge is 0.314 e. The van der Waals surface area contributed by atoms with Gasteiger partial charge in [0.1, 0.15) is 0 Å². The van der Waals surface area contributed by atoms with Gasteiger partial charge in [0, 0.05) is 6.04 Å². The summed E-state index contributed by atoms with van der Waals surface area (Å²) in [6, 6.07) is 0.877. The van der Waals surface area contributed by atoms with Crippen molar-refractivity contribution >= 4 is 0 Å². The van der Waals surface area contributed by atoms with Crippen molar-refractivity contribution in [2.45, 2.75) is 46.1 Å². The third-order valence-corrected chi connectivity index (χ3v) is 3.38. The van der Waals surface area contributed by atoms with Crippen LogP contribution in [0, 0.1) is 17.3 Å². The standard InChI is InChI=1S/C11H21N/c1-11(2,3)6-8-4-10-5-9(8)7-12-10/h8-10,12H,4-7H2,1-3H3.